The van der Waals surface area contributed by atoms with Crippen molar-refractivity contribution in [2.24, 2.45) is 11.0 Å². The van der Waals surface area contributed by atoms with Crippen molar-refractivity contribution in [1.82, 2.24) is 10.3 Å². The second-order valence-corrected chi connectivity index (χ2v) is 7.33. The number of benzene rings is 1. The molecule has 2 fully saturated rings. The molecule has 1 aliphatic carbocycles. The molecule has 1 amide bonds. The van der Waals surface area contributed by atoms with Crippen LogP contribution in [0, 0.1) is 5.92 Å². The molecule has 1 saturated carbocycles. The maximum atomic E-state index is 12.0. The van der Waals surface area contributed by atoms with Gasteiger partial charge in [-0.15, -0.1) is 0 Å². The summed E-state index contributed by atoms with van der Waals surface area (Å²) in [6.45, 7) is 7.13. The van der Waals surface area contributed by atoms with E-state index in [1.807, 2.05) is 0 Å². The Kier molecular flexibility index (Phi) is 6.45. The standard InChI is InChI=1S/C20H30N4O/c1-17-6-5-7-18(16-17)21-22-20(25)10-11-23-12-14-24(15-13-23)19-8-3-2-4-9-19/h2-4,8-9,17H,5-7,10-16H2,1H3,(H,22,25)/b21-18-/t17-/m0/s1. The Hall–Kier alpha value is -1.88. The lowest BCUT2D eigenvalue weighted by molar-refractivity contribution is -0.121. The molecular weight excluding hydrogens is 312 g/mol. The zero-order valence-corrected chi connectivity index (χ0v) is 15.3. The van der Waals surface area contributed by atoms with Gasteiger partial charge in [0.2, 0.25) is 5.91 Å². The van der Waals surface area contributed by atoms with Gasteiger partial charge in [-0.05, 0) is 43.7 Å². The molecule has 3 rings (SSSR count). The van der Waals surface area contributed by atoms with Crippen LogP contribution in [-0.2, 0) is 4.79 Å². The Morgan fingerprint density at radius 1 is 1.20 bits per heavy atom. The molecule has 0 bridgehead atoms. The summed E-state index contributed by atoms with van der Waals surface area (Å²) in [6, 6.07) is 10.5. The summed E-state index contributed by atoms with van der Waals surface area (Å²) in [4.78, 5) is 16.8. The summed E-state index contributed by atoms with van der Waals surface area (Å²) in [7, 11) is 0. The lowest BCUT2D eigenvalue weighted by Crippen LogP contribution is -2.47. The number of rotatable bonds is 5. The van der Waals surface area contributed by atoms with E-state index >= 15 is 0 Å². The zero-order chi connectivity index (χ0) is 17.5. The third-order valence-corrected chi connectivity index (χ3v) is 5.23. The highest BCUT2D eigenvalue weighted by molar-refractivity contribution is 5.87. The quantitative estimate of drug-likeness (QED) is 0.837. The minimum Gasteiger partial charge on any atom is -0.369 e. The molecule has 0 spiro atoms. The first-order valence-electron chi connectivity index (χ1n) is 9.57. The van der Waals surface area contributed by atoms with Crippen molar-refractivity contribution in [1.29, 1.82) is 0 Å². The second kappa shape index (κ2) is 8.99. The number of nitrogens with zero attached hydrogens (tertiary/aromatic N) is 3. The third kappa shape index (κ3) is 5.56. The van der Waals surface area contributed by atoms with Crippen molar-refractivity contribution in [3.63, 3.8) is 0 Å². The van der Waals surface area contributed by atoms with Crippen molar-refractivity contribution in [3.8, 4) is 0 Å². The predicted octanol–water partition coefficient (Wildman–Crippen LogP) is 2.88. The Labute approximate surface area is 151 Å². The maximum Gasteiger partial charge on any atom is 0.241 e. The molecule has 5 nitrogen and oxygen atoms in total. The minimum atomic E-state index is 0.0382. The van der Waals surface area contributed by atoms with Gasteiger partial charge in [-0.3, -0.25) is 9.69 Å². The first-order valence-corrected chi connectivity index (χ1v) is 9.57. The van der Waals surface area contributed by atoms with Crippen molar-refractivity contribution >= 4 is 17.3 Å². The highest BCUT2D eigenvalue weighted by Crippen LogP contribution is 2.21. The maximum absolute atomic E-state index is 12.0. The highest BCUT2D eigenvalue weighted by Gasteiger charge is 2.18. The summed E-state index contributed by atoms with van der Waals surface area (Å²) < 4.78 is 0. The predicted molar refractivity (Wildman–Crippen MR) is 103 cm³/mol. The molecule has 25 heavy (non-hydrogen) atoms. The number of hydrogen-bond acceptors (Lipinski definition) is 4. The number of carbonyl (C=O) groups is 1. The molecule has 1 N–H and O–H groups in total. The Balaban J connectivity index is 1.35. The number of hydrazone groups is 1. The van der Waals surface area contributed by atoms with Crippen molar-refractivity contribution in [2.75, 3.05) is 37.6 Å². The molecule has 1 aliphatic heterocycles. The summed E-state index contributed by atoms with van der Waals surface area (Å²) in [5.41, 5.74) is 5.20. The van der Waals surface area contributed by atoms with Gasteiger partial charge in [0, 0.05) is 50.5 Å². The number of nitrogens with one attached hydrogen (secondary N) is 1. The van der Waals surface area contributed by atoms with Crippen LogP contribution < -0.4 is 10.3 Å². The molecule has 1 atom stereocenters. The lowest BCUT2D eigenvalue weighted by atomic mass is 9.89. The van der Waals surface area contributed by atoms with Gasteiger partial charge in [-0.1, -0.05) is 25.1 Å². The first-order chi connectivity index (χ1) is 12.2. The monoisotopic (exact) mass is 342 g/mol. The van der Waals surface area contributed by atoms with Crippen LogP contribution in [0.3, 0.4) is 0 Å². The average Bonchev–Trinajstić information content (AvgIpc) is 2.66. The number of hydrogen-bond donors (Lipinski definition) is 1. The molecule has 1 saturated heterocycles. The van der Waals surface area contributed by atoms with Crippen LogP contribution in [-0.4, -0.2) is 49.2 Å². The largest absolute Gasteiger partial charge is 0.369 e. The third-order valence-electron chi connectivity index (χ3n) is 5.23. The van der Waals surface area contributed by atoms with E-state index in [0.29, 0.717) is 12.3 Å². The van der Waals surface area contributed by atoms with Crippen LogP contribution in [0.25, 0.3) is 0 Å². The van der Waals surface area contributed by atoms with Crippen LogP contribution in [0.2, 0.25) is 0 Å². The number of amides is 1. The Morgan fingerprint density at radius 3 is 2.68 bits per heavy atom. The zero-order valence-electron chi connectivity index (χ0n) is 15.3. The minimum absolute atomic E-state index is 0.0382. The summed E-state index contributed by atoms with van der Waals surface area (Å²) >= 11 is 0. The molecular formula is C20H30N4O. The van der Waals surface area contributed by atoms with E-state index in [-0.39, 0.29) is 5.91 Å². The summed E-state index contributed by atoms with van der Waals surface area (Å²) in [5, 5.41) is 4.34. The van der Waals surface area contributed by atoms with E-state index in [9.17, 15) is 4.79 Å². The van der Waals surface area contributed by atoms with E-state index in [1.165, 1.54) is 18.5 Å². The first kappa shape index (κ1) is 17.9. The fourth-order valence-corrected chi connectivity index (χ4v) is 3.69. The molecule has 136 valence electrons. The second-order valence-electron chi connectivity index (χ2n) is 7.33. The van der Waals surface area contributed by atoms with Crippen molar-refractivity contribution < 1.29 is 4.79 Å². The topological polar surface area (TPSA) is 47.9 Å². The molecule has 0 unspecified atom stereocenters. The molecule has 1 heterocycles. The van der Waals surface area contributed by atoms with Gasteiger partial charge < -0.3 is 4.90 Å². The smallest absolute Gasteiger partial charge is 0.241 e. The van der Waals surface area contributed by atoms with E-state index in [2.05, 4.69) is 57.6 Å². The normalized spacial score (nSPS) is 23.6. The lowest BCUT2D eigenvalue weighted by Gasteiger charge is -2.36. The SMILES string of the molecule is C[C@H]1CCC/C(=N/NC(=O)CCN2CCN(c3ccccc3)CC2)C1. The van der Waals surface area contributed by atoms with Crippen LogP contribution >= 0.6 is 0 Å². The van der Waals surface area contributed by atoms with Gasteiger partial charge >= 0.3 is 0 Å². The van der Waals surface area contributed by atoms with Crippen LogP contribution in [0.5, 0.6) is 0 Å². The van der Waals surface area contributed by atoms with Crippen molar-refractivity contribution in [2.45, 2.75) is 39.0 Å². The summed E-state index contributed by atoms with van der Waals surface area (Å²) in [6.07, 6.45) is 5.06. The van der Waals surface area contributed by atoms with Crippen LogP contribution in [0.1, 0.15) is 39.0 Å². The van der Waals surface area contributed by atoms with Crippen LogP contribution in [0.15, 0.2) is 35.4 Å². The summed E-state index contributed by atoms with van der Waals surface area (Å²) in [5.74, 6) is 0.738. The molecule has 5 heteroatoms. The van der Waals surface area contributed by atoms with Gasteiger partial charge in [-0.25, -0.2) is 5.43 Å². The fraction of sp³-hybridized carbons (Fsp3) is 0.600. The van der Waals surface area contributed by atoms with Gasteiger partial charge in [0.05, 0.1) is 0 Å². The average molecular weight is 342 g/mol. The number of anilines is 1. The van der Waals surface area contributed by atoms with Gasteiger partial charge in [0.1, 0.15) is 0 Å². The number of carbonyl (C=O) groups excluding carboxylic acids is 1. The Bertz CT molecular complexity index is 579. The molecule has 1 aromatic rings. The van der Waals surface area contributed by atoms with Crippen molar-refractivity contribution in [3.05, 3.63) is 30.3 Å². The van der Waals surface area contributed by atoms with Crippen LogP contribution in [0.4, 0.5) is 5.69 Å². The van der Waals surface area contributed by atoms with E-state index in [0.717, 1.165) is 51.3 Å². The fourth-order valence-electron chi connectivity index (χ4n) is 3.69. The van der Waals surface area contributed by atoms with E-state index in [1.54, 1.807) is 0 Å². The van der Waals surface area contributed by atoms with E-state index in [4.69, 9.17) is 0 Å². The van der Waals surface area contributed by atoms with Gasteiger partial charge in [0.15, 0.2) is 0 Å². The molecule has 0 aromatic heterocycles. The number of para-hydroxylation sites is 1. The Morgan fingerprint density at radius 2 is 1.96 bits per heavy atom. The van der Waals surface area contributed by atoms with Gasteiger partial charge in [-0.2, -0.15) is 5.10 Å². The molecule has 0 radical (unpaired) electrons. The molecule has 1 aromatic carbocycles. The van der Waals surface area contributed by atoms with Gasteiger partial charge in [0.25, 0.3) is 0 Å². The molecule has 2 aliphatic rings. The highest BCUT2D eigenvalue weighted by atomic mass is 16.2. The van der Waals surface area contributed by atoms with E-state index < -0.39 is 0 Å². The number of piperazine rings is 1.